The Morgan fingerprint density at radius 3 is 2.88 bits per heavy atom. The fourth-order valence-corrected chi connectivity index (χ4v) is 1.67. The van der Waals surface area contributed by atoms with Gasteiger partial charge in [-0.2, -0.15) is 0 Å². The third-order valence-corrected chi connectivity index (χ3v) is 2.57. The maximum absolute atomic E-state index is 4.14. The van der Waals surface area contributed by atoms with Gasteiger partial charge in [-0.1, -0.05) is 18.2 Å². The number of rotatable bonds is 4. The summed E-state index contributed by atoms with van der Waals surface area (Å²) in [7, 11) is 1.79. The lowest BCUT2D eigenvalue weighted by atomic mass is 9.94. The van der Waals surface area contributed by atoms with E-state index in [0.29, 0.717) is 0 Å². The van der Waals surface area contributed by atoms with Gasteiger partial charge in [-0.3, -0.25) is 4.99 Å². The molecule has 1 atom stereocenters. The van der Waals surface area contributed by atoms with Crippen molar-refractivity contribution in [1.29, 1.82) is 0 Å². The van der Waals surface area contributed by atoms with Gasteiger partial charge in [-0.05, 0) is 25.2 Å². The van der Waals surface area contributed by atoms with Crippen LogP contribution in [0.3, 0.4) is 0 Å². The molecule has 0 heterocycles. The van der Waals surface area contributed by atoms with Crippen LogP contribution in [0.25, 0.3) is 0 Å². The Balaban J connectivity index is 0.00000225. The zero-order valence-electron chi connectivity index (χ0n) is 9.91. The molecule has 1 rings (SSSR count). The summed E-state index contributed by atoms with van der Waals surface area (Å²) in [6.45, 7) is 5.42. The summed E-state index contributed by atoms with van der Waals surface area (Å²) in [4.78, 5) is 4.14. The Labute approximate surface area is 116 Å². The molecule has 2 N–H and O–H groups in total. The number of hydrogen-bond acceptors (Lipinski definition) is 1. The Bertz CT molecular complexity index is 249. The smallest absolute Gasteiger partial charge is 0.191 e. The van der Waals surface area contributed by atoms with E-state index in [4.69, 9.17) is 0 Å². The maximum Gasteiger partial charge on any atom is 0.191 e. The van der Waals surface area contributed by atoms with Crippen molar-refractivity contribution in [2.75, 3.05) is 20.1 Å². The standard InChI is InChI=1S/C12H21N3.HI/c1-3-9-14-12(13-2)15-10-11-7-5-4-6-8-11;/h3-5,11H,1,6-10H2,2H3,(H2,13,14,15);1H. The van der Waals surface area contributed by atoms with Crippen LogP contribution in [0, 0.1) is 5.92 Å². The van der Waals surface area contributed by atoms with Crippen LogP contribution in [0.4, 0.5) is 0 Å². The first-order valence-corrected chi connectivity index (χ1v) is 5.57. The number of guanidine groups is 1. The average Bonchev–Trinajstić information content (AvgIpc) is 2.31. The molecule has 1 aliphatic rings. The summed E-state index contributed by atoms with van der Waals surface area (Å²) in [5.74, 6) is 1.61. The molecule has 0 aromatic rings. The topological polar surface area (TPSA) is 36.4 Å². The van der Waals surface area contributed by atoms with Gasteiger partial charge in [0.1, 0.15) is 0 Å². The van der Waals surface area contributed by atoms with Crippen molar-refractivity contribution >= 4 is 29.9 Å². The third kappa shape index (κ3) is 6.15. The second-order valence-electron chi connectivity index (χ2n) is 3.77. The highest BCUT2D eigenvalue weighted by Crippen LogP contribution is 2.16. The van der Waals surface area contributed by atoms with Crippen molar-refractivity contribution in [3.8, 4) is 0 Å². The normalized spacial score (nSPS) is 19.8. The first-order chi connectivity index (χ1) is 7.36. The SMILES string of the molecule is C=CCNC(=NC)NCC1CC=CCC1.I. The predicted molar refractivity (Wildman–Crippen MR) is 81.5 cm³/mol. The lowest BCUT2D eigenvalue weighted by Crippen LogP contribution is -2.39. The van der Waals surface area contributed by atoms with Crippen LogP contribution in [0.1, 0.15) is 19.3 Å². The first kappa shape index (κ1) is 15.5. The number of nitrogens with one attached hydrogen (secondary N) is 2. The van der Waals surface area contributed by atoms with Gasteiger partial charge in [0, 0.05) is 20.1 Å². The minimum atomic E-state index is 0. The van der Waals surface area contributed by atoms with Gasteiger partial charge in [-0.15, -0.1) is 30.6 Å². The molecule has 0 fully saturated rings. The molecule has 3 nitrogen and oxygen atoms in total. The second-order valence-corrected chi connectivity index (χ2v) is 3.77. The Morgan fingerprint density at radius 1 is 1.50 bits per heavy atom. The van der Waals surface area contributed by atoms with Crippen molar-refractivity contribution in [3.63, 3.8) is 0 Å². The molecule has 1 unspecified atom stereocenters. The number of allylic oxidation sites excluding steroid dienone is 2. The lowest BCUT2D eigenvalue weighted by Gasteiger charge is -2.19. The molecule has 4 heteroatoms. The molecule has 1 aliphatic carbocycles. The molecule has 16 heavy (non-hydrogen) atoms. The van der Waals surface area contributed by atoms with Gasteiger partial charge in [0.05, 0.1) is 0 Å². The molecule has 92 valence electrons. The van der Waals surface area contributed by atoms with E-state index in [1.54, 1.807) is 7.05 Å². The van der Waals surface area contributed by atoms with Crippen molar-refractivity contribution in [2.45, 2.75) is 19.3 Å². The first-order valence-electron chi connectivity index (χ1n) is 5.57. The van der Waals surface area contributed by atoms with Crippen LogP contribution in [0.5, 0.6) is 0 Å². The molecule has 0 amide bonds. The van der Waals surface area contributed by atoms with E-state index in [0.717, 1.165) is 25.0 Å². The summed E-state index contributed by atoms with van der Waals surface area (Å²) >= 11 is 0. The van der Waals surface area contributed by atoms with Gasteiger partial charge >= 0.3 is 0 Å². The Hall–Kier alpha value is -0.520. The summed E-state index contributed by atoms with van der Waals surface area (Å²) in [6, 6.07) is 0. The van der Waals surface area contributed by atoms with E-state index in [-0.39, 0.29) is 24.0 Å². The van der Waals surface area contributed by atoms with Gasteiger partial charge in [0.25, 0.3) is 0 Å². The molecular weight excluding hydrogens is 313 g/mol. The minimum absolute atomic E-state index is 0. The molecule has 0 saturated carbocycles. The molecule has 0 radical (unpaired) electrons. The van der Waals surface area contributed by atoms with Gasteiger partial charge in [-0.25, -0.2) is 0 Å². The Morgan fingerprint density at radius 2 is 2.31 bits per heavy atom. The van der Waals surface area contributed by atoms with Gasteiger partial charge < -0.3 is 10.6 Å². The third-order valence-electron chi connectivity index (χ3n) is 2.57. The fraction of sp³-hybridized carbons (Fsp3) is 0.583. The molecule has 0 spiro atoms. The van der Waals surface area contributed by atoms with Crippen LogP contribution in [0.15, 0.2) is 29.8 Å². The minimum Gasteiger partial charge on any atom is -0.356 e. The van der Waals surface area contributed by atoms with E-state index >= 15 is 0 Å². The quantitative estimate of drug-likeness (QED) is 0.358. The number of nitrogens with zero attached hydrogens (tertiary/aromatic N) is 1. The fourth-order valence-electron chi connectivity index (χ4n) is 1.67. The summed E-state index contributed by atoms with van der Waals surface area (Å²) < 4.78 is 0. The van der Waals surface area contributed by atoms with Crippen LogP contribution >= 0.6 is 24.0 Å². The number of halogens is 1. The monoisotopic (exact) mass is 335 g/mol. The number of aliphatic imine (C=N–C) groups is 1. The zero-order chi connectivity index (χ0) is 10.9. The van der Waals surface area contributed by atoms with Crippen molar-refractivity contribution in [2.24, 2.45) is 10.9 Å². The molecule has 0 aliphatic heterocycles. The molecule has 0 bridgehead atoms. The van der Waals surface area contributed by atoms with Gasteiger partial charge in [0.2, 0.25) is 0 Å². The highest BCUT2D eigenvalue weighted by atomic mass is 127. The van der Waals surface area contributed by atoms with Crippen LogP contribution in [-0.2, 0) is 0 Å². The van der Waals surface area contributed by atoms with E-state index < -0.39 is 0 Å². The summed E-state index contributed by atoms with van der Waals surface area (Å²) in [6.07, 6.45) is 10.0. The van der Waals surface area contributed by atoms with E-state index in [2.05, 4.69) is 34.4 Å². The maximum atomic E-state index is 4.14. The molecule has 0 aromatic heterocycles. The summed E-state index contributed by atoms with van der Waals surface area (Å²) in [5, 5.41) is 6.49. The van der Waals surface area contributed by atoms with E-state index in [1.165, 1.54) is 19.3 Å². The highest BCUT2D eigenvalue weighted by molar-refractivity contribution is 14.0. The van der Waals surface area contributed by atoms with Crippen molar-refractivity contribution < 1.29 is 0 Å². The van der Waals surface area contributed by atoms with E-state index in [9.17, 15) is 0 Å². The Kier molecular flexibility index (Phi) is 9.37. The summed E-state index contributed by atoms with van der Waals surface area (Å²) in [5.41, 5.74) is 0. The highest BCUT2D eigenvalue weighted by Gasteiger charge is 2.09. The van der Waals surface area contributed by atoms with Crippen LogP contribution < -0.4 is 10.6 Å². The van der Waals surface area contributed by atoms with Gasteiger partial charge in [0.15, 0.2) is 5.96 Å². The molecule has 0 saturated heterocycles. The van der Waals surface area contributed by atoms with E-state index in [1.807, 2.05) is 6.08 Å². The lowest BCUT2D eigenvalue weighted by molar-refractivity contribution is 0.470. The van der Waals surface area contributed by atoms with Crippen LogP contribution in [-0.4, -0.2) is 26.1 Å². The van der Waals surface area contributed by atoms with Crippen molar-refractivity contribution in [3.05, 3.63) is 24.8 Å². The van der Waals surface area contributed by atoms with Crippen molar-refractivity contribution in [1.82, 2.24) is 10.6 Å². The largest absolute Gasteiger partial charge is 0.356 e. The molecule has 0 aromatic carbocycles. The average molecular weight is 335 g/mol. The molecular formula is C12H22IN3. The zero-order valence-corrected chi connectivity index (χ0v) is 12.2. The number of hydrogen-bond donors (Lipinski definition) is 2. The van der Waals surface area contributed by atoms with Crippen LogP contribution in [0.2, 0.25) is 0 Å². The predicted octanol–water partition coefficient (Wildman–Crippen LogP) is 2.31. The second kappa shape index (κ2) is 9.69.